The number of aromatic amines is 1. The third-order valence-electron chi connectivity index (χ3n) is 2.63. The molecule has 2 heterocycles. The van der Waals surface area contributed by atoms with Gasteiger partial charge in [-0.3, -0.25) is 9.59 Å². The molecule has 1 aromatic heterocycles. The van der Waals surface area contributed by atoms with Crippen LogP contribution in [0.3, 0.4) is 0 Å². The molecule has 1 aliphatic rings. The molecule has 1 aliphatic heterocycles. The molecule has 0 saturated carbocycles. The Bertz CT molecular complexity index is 727. The maximum atomic E-state index is 11.6. The van der Waals surface area contributed by atoms with Crippen LogP contribution < -0.4 is 11.1 Å². The predicted molar refractivity (Wildman–Crippen MR) is 61.4 cm³/mol. The lowest BCUT2D eigenvalue weighted by atomic mass is 10.1. The Labute approximate surface area is 95.2 Å². The zero-order valence-electron chi connectivity index (χ0n) is 8.75. The van der Waals surface area contributed by atoms with Gasteiger partial charge >= 0.3 is 11.1 Å². The molecular formula is C11H8N4O2. The standard InChI is InChI=1S/C11H8N4O2/c16-10-11(17)15-9(13-14-10)5-7-3-1-2-4-8(7)6-12-15/h1-4,6H,5H2,(H,14,16). The van der Waals surface area contributed by atoms with Gasteiger partial charge in [-0.25, -0.2) is 5.10 Å². The first kappa shape index (κ1) is 9.71. The van der Waals surface area contributed by atoms with Gasteiger partial charge in [-0.1, -0.05) is 24.3 Å². The van der Waals surface area contributed by atoms with Crippen LogP contribution >= 0.6 is 0 Å². The summed E-state index contributed by atoms with van der Waals surface area (Å²) in [5.41, 5.74) is 0.460. The van der Waals surface area contributed by atoms with E-state index in [1.807, 2.05) is 24.3 Å². The molecule has 0 bridgehead atoms. The summed E-state index contributed by atoms with van der Waals surface area (Å²) in [7, 11) is 0. The molecule has 2 aromatic rings. The monoisotopic (exact) mass is 228 g/mol. The topological polar surface area (TPSA) is 80.1 Å². The molecule has 0 amide bonds. The van der Waals surface area contributed by atoms with Crippen molar-refractivity contribution in [3.8, 4) is 0 Å². The van der Waals surface area contributed by atoms with Gasteiger partial charge < -0.3 is 0 Å². The Morgan fingerprint density at radius 3 is 2.94 bits per heavy atom. The van der Waals surface area contributed by atoms with Crippen LogP contribution in [-0.2, 0) is 6.42 Å². The van der Waals surface area contributed by atoms with Crippen LogP contribution in [0, 0.1) is 0 Å². The smallest absolute Gasteiger partial charge is 0.262 e. The molecule has 0 radical (unpaired) electrons. The van der Waals surface area contributed by atoms with Gasteiger partial charge in [-0.15, -0.1) is 0 Å². The normalized spacial score (nSPS) is 12.7. The molecule has 17 heavy (non-hydrogen) atoms. The summed E-state index contributed by atoms with van der Waals surface area (Å²) in [6.45, 7) is 0. The fourth-order valence-electron chi connectivity index (χ4n) is 1.77. The highest BCUT2D eigenvalue weighted by Crippen LogP contribution is 2.12. The van der Waals surface area contributed by atoms with E-state index in [1.165, 1.54) is 0 Å². The fraction of sp³-hybridized carbons (Fsp3) is 0.0909. The highest BCUT2D eigenvalue weighted by atomic mass is 16.2. The highest BCUT2D eigenvalue weighted by Gasteiger charge is 2.13. The molecular weight excluding hydrogens is 220 g/mol. The minimum absolute atomic E-state index is 0.427. The Hall–Kier alpha value is -2.50. The predicted octanol–water partition coefficient (Wildman–Crippen LogP) is -0.282. The minimum Gasteiger partial charge on any atom is -0.262 e. The lowest BCUT2D eigenvalue weighted by Gasteiger charge is -2.02. The van der Waals surface area contributed by atoms with E-state index < -0.39 is 11.1 Å². The van der Waals surface area contributed by atoms with Crippen molar-refractivity contribution in [1.82, 2.24) is 14.9 Å². The Morgan fingerprint density at radius 2 is 2.06 bits per heavy atom. The van der Waals surface area contributed by atoms with Gasteiger partial charge in [0, 0.05) is 6.42 Å². The second-order valence-electron chi connectivity index (χ2n) is 3.71. The van der Waals surface area contributed by atoms with Crippen molar-refractivity contribution in [3.05, 3.63) is 61.9 Å². The van der Waals surface area contributed by atoms with Crippen molar-refractivity contribution in [2.75, 3.05) is 0 Å². The molecule has 3 rings (SSSR count). The SMILES string of the molecule is O=c1[nH]nc2n(c1=O)N=Cc1ccccc1C2. The van der Waals surface area contributed by atoms with Gasteiger partial charge in [-0.05, 0) is 11.1 Å². The zero-order chi connectivity index (χ0) is 11.8. The Kier molecular flexibility index (Phi) is 2.01. The molecule has 1 aromatic carbocycles. The molecule has 0 atom stereocenters. The maximum Gasteiger partial charge on any atom is 0.339 e. The first-order chi connectivity index (χ1) is 8.25. The van der Waals surface area contributed by atoms with Crippen molar-refractivity contribution >= 4 is 6.21 Å². The summed E-state index contributed by atoms with van der Waals surface area (Å²) in [5.74, 6) is 0.427. The number of fused-ring (bicyclic) bond motifs is 2. The molecule has 0 fully saturated rings. The maximum absolute atomic E-state index is 11.6. The summed E-state index contributed by atoms with van der Waals surface area (Å²) in [6.07, 6.45) is 2.02. The molecule has 84 valence electrons. The molecule has 0 spiro atoms. The highest BCUT2D eigenvalue weighted by molar-refractivity contribution is 5.82. The average molecular weight is 228 g/mol. The molecule has 0 saturated heterocycles. The van der Waals surface area contributed by atoms with Crippen LogP contribution in [-0.4, -0.2) is 21.1 Å². The number of benzene rings is 1. The van der Waals surface area contributed by atoms with Crippen LogP contribution in [0.2, 0.25) is 0 Å². The molecule has 0 aliphatic carbocycles. The van der Waals surface area contributed by atoms with Crippen LogP contribution in [0.1, 0.15) is 17.0 Å². The summed E-state index contributed by atoms with van der Waals surface area (Å²) < 4.78 is 1.04. The number of nitrogens with zero attached hydrogens (tertiary/aromatic N) is 3. The van der Waals surface area contributed by atoms with Gasteiger partial charge in [0.05, 0.1) is 6.21 Å². The fourth-order valence-corrected chi connectivity index (χ4v) is 1.77. The van der Waals surface area contributed by atoms with Gasteiger partial charge in [-0.2, -0.15) is 14.9 Å². The van der Waals surface area contributed by atoms with E-state index in [2.05, 4.69) is 15.3 Å². The summed E-state index contributed by atoms with van der Waals surface area (Å²) in [6, 6.07) is 7.64. The Morgan fingerprint density at radius 1 is 1.24 bits per heavy atom. The van der Waals surface area contributed by atoms with E-state index in [1.54, 1.807) is 6.21 Å². The van der Waals surface area contributed by atoms with Crippen LogP contribution in [0.15, 0.2) is 39.0 Å². The third-order valence-corrected chi connectivity index (χ3v) is 2.63. The lowest BCUT2D eigenvalue weighted by molar-refractivity contribution is 0.679. The van der Waals surface area contributed by atoms with E-state index in [9.17, 15) is 9.59 Å². The quantitative estimate of drug-likeness (QED) is 0.537. The van der Waals surface area contributed by atoms with Gasteiger partial charge in [0.15, 0.2) is 5.82 Å². The molecule has 6 nitrogen and oxygen atoms in total. The molecule has 1 N–H and O–H groups in total. The second kappa shape index (κ2) is 3.51. The zero-order valence-corrected chi connectivity index (χ0v) is 8.75. The summed E-state index contributed by atoms with van der Waals surface area (Å²) in [4.78, 5) is 22.7. The first-order valence-corrected chi connectivity index (χ1v) is 5.08. The largest absolute Gasteiger partial charge is 0.339 e. The van der Waals surface area contributed by atoms with E-state index >= 15 is 0 Å². The van der Waals surface area contributed by atoms with Crippen LogP contribution in [0.4, 0.5) is 0 Å². The number of H-pyrrole nitrogens is 1. The van der Waals surface area contributed by atoms with Crippen molar-refractivity contribution in [2.45, 2.75) is 6.42 Å². The van der Waals surface area contributed by atoms with Gasteiger partial charge in [0.1, 0.15) is 0 Å². The molecule has 0 unspecified atom stereocenters. The molecule has 6 heteroatoms. The second-order valence-corrected chi connectivity index (χ2v) is 3.71. The van der Waals surface area contributed by atoms with Crippen molar-refractivity contribution in [2.24, 2.45) is 5.10 Å². The minimum atomic E-state index is -0.767. The summed E-state index contributed by atoms with van der Waals surface area (Å²) >= 11 is 0. The van der Waals surface area contributed by atoms with Crippen LogP contribution in [0.5, 0.6) is 0 Å². The first-order valence-electron chi connectivity index (χ1n) is 5.08. The van der Waals surface area contributed by atoms with Gasteiger partial charge in [0.25, 0.3) is 0 Å². The van der Waals surface area contributed by atoms with Crippen molar-refractivity contribution in [1.29, 1.82) is 0 Å². The Balaban J connectivity index is 2.29. The van der Waals surface area contributed by atoms with E-state index in [0.717, 1.165) is 15.8 Å². The number of hydrogen-bond acceptors (Lipinski definition) is 4. The number of aromatic nitrogens is 3. The number of hydrogen-bond donors (Lipinski definition) is 1. The number of rotatable bonds is 0. The summed E-state index contributed by atoms with van der Waals surface area (Å²) in [5, 5.41) is 10.0. The van der Waals surface area contributed by atoms with E-state index in [-0.39, 0.29) is 0 Å². The lowest BCUT2D eigenvalue weighted by Crippen LogP contribution is -2.37. The number of nitrogens with one attached hydrogen (secondary N) is 1. The third kappa shape index (κ3) is 1.50. The van der Waals surface area contributed by atoms with E-state index in [0.29, 0.717) is 12.2 Å². The van der Waals surface area contributed by atoms with Crippen molar-refractivity contribution < 1.29 is 0 Å². The van der Waals surface area contributed by atoms with E-state index in [4.69, 9.17) is 0 Å². The average Bonchev–Trinajstić information content (AvgIpc) is 2.53. The van der Waals surface area contributed by atoms with Gasteiger partial charge in [0.2, 0.25) is 0 Å². The van der Waals surface area contributed by atoms with Crippen LogP contribution in [0.25, 0.3) is 0 Å². The van der Waals surface area contributed by atoms with Crippen molar-refractivity contribution in [3.63, 3.8) is 0 Å².